The van der Waals surface area contributed by atoms with Gasteiger partial charge in [0.25, 0.3) is 0 Å². The maximum atomic E-state index is 12.9. The molecule has 1 N–H and O–H groups in total. The summed E-state index contributed by atoms with van der Waals surface area (Å²) < 4.78 is 0. The van der Waals surface area contributed by atoms with Gasteiger partial charge in [0.15, 0.2) is 0 Å². The van der Waals surface area contributed by atoms with Crippen LogP contribution in [0.3, 0.4) is 0 Å². The molecule has 0 aromatic rings. The highest BCUT2D eigenvalue weighted by Crippen LogP contribution is 2.37. The fraction of sp³-hybridized carbons (Fsp3) is 0.955. The first-order chi connectivity index (χ1) is 12.7. The van der Waals surface area contributed by atoms with E-state index >= 15 is 0 Å². The molecule has 4 rings (SSSR count). The minimum atomic E-state index is 0.318. The van der Waals surface area contributed by atoms with Gasteiger partial charge in [-0.3, -0.25) is 4.79 Å². The molecule has 4 nitrogen and oxygen atoms in total. The van der Waals surface area contributed by atoms with Crippen LogP contribution in [0, 0.1) is 17.3 Å². The zero-order valence-electron chi connectivity index (χ0n) is 17.4. The number of carbonyl (C=O) groups is 1. The summed E-state index contributed by atoms with van der Waals surface area (Å²) in [6.45, 7) is 13.3. The van der Waals surface area contributed by atoms with Crippen LogP contribution in [0.4, 0.5) is 0 Å². The number of hydrogen-bond donors (Lipinski definition) is 1. The van der Waals surface area contributed by atoms with Crippen molar-refractivity contribution in [3.8, 4) is 0 Å². The molecule has 0 aromatic heterocycles. The predicted molar refractivity (Wildman–Crippen MR) is 108 cm³/mol. The van der Waals surface area contributed by atoms with Crippen molar-refractivity contribution in [1.82, 2.24) is 15.1 Å². The average molecular weight is 364 g/mol. The Morgan fingerprint density at radius 1 is 0.885 bits per heavy atom. The zero-order chi connectivity index (χ0) is 18.6. The Labute approximate surface area is 161 Å². The van der Waals surface area contributed by atoms with Gasteiger partial charge in [-0.25, -0.2) is 0 Å². The molecule has 26 heavy (non-hydrogen) atoms. The molecule has 0 radical (unpaired) electrons. The molecule has 0 atom stereocenters. The summed E-state index contributed by atoms with van der Waals surface area (Å²) in [7, 11) is 0. The lowest BCUT2D eigenvalue weighted by Crippen LogP contribution is -2.59. The number of carbonyl (C=O) groups excluding carboxylic acids is 1. The Hall–Kier alpha value is -0.610. The number of amides is 1. The first-order valence-electron chi connectivity index (χ1n) is 11.4. The molecule has 4 aliphatic rings. The topological polar surface area (TPSA) is 35.6 Å². The quantitative estimate of drug-likeness (QED) is 0.815. The van der Waals surface area contributed by atoms with Crippen LogP contribution < -0.4 is 5.32 Å². The monoisotopic (exact) mass is 363 g/mol. The highest BCUT2D eigenvalue weighted by Gasteiger charge is 2.41. The van der Waals surface area contributed by atoms with Crippen molar-refractivity contribution in [2.24, 2.45) is 17.3 Å². The maximum absolute atomic E-state index is 12.9. The van der Waals surface area contributed by atoms with Gasteiger partial charge in [-0.15, -0.1) is 0 Å². The van der Waals surface area contributed by atoms with E-state index < -0.39 is 0 Å². The minimum Gasteiger partial charge on any atom is -0.342 e. The third-order valence-corrected chi connectivity index (χ3v) is 7.52. The largest absolute Gasteiger partial charge is 0.342 e. The summed E-state index contributed by atoms with van der Waals surface area (Å²) in [6.07, 6.45) is 9.89. The maximum Gasteiger partial charge on any atom is 0.225 e. The van der Waals surface area contributed by atoms with E-state index in [9.17, 15) is 4.79 Å². The molecular formula is C22H41N3O. The number of nitrogens with zero attached hydrogens (tertiary/aromatic N) is 2. The standard InChI is InChI=1S/C20H35N3O.C2H6/c1-16-6-10-22(11-7-16)18-4-2-17(3-5-18)19(24)23-12-8-20(9-13-23)14-21-15-20;1-2/h16-18,21H,2-15H2,1H3;1-2H3. The molecule has 1 aliphatic carbocycles. The van der Waals surface area contributed by atoms with Gasteiger partial charge < -0.3 is 15.1 Å². The van der Waals surface area contributed by atoms with E-state index in [0.717, 1.165) is 37.9 Å². The van der Waals surface area contributed by atoms with Gasteiger partial charge in [0, 0.05) is 38.1 Å². The fourth-order valence-electron chi connectivity index (χ4n) is 5.37. The average Bonchev–Trinajstić information content (AvgIpc) is 2.69. The number of likely N-dealkylation sites (tertiary alicyclic amines) is 2. The van der Waals surface area contributed by atoms with Crippen molar-refractivity contribution in [2.45, 2.75) is 78.2 Å². The number of nitrogens with one attached hydrogen (secondary N) is 1. The highest BCUT2D eigenvalue weighted by atomic mass is 16.2. The van der Waals surface area contributed by atoms with E-state index in [4.69, 9.17) is 0 Å². The minimum absolute atomic E-state index is 0.318. The number of hydrogen-bond acceptors (Lipinski definition) is 3. The van der Waals surface area contributed by atoms with Crippen LogP contribution in [0.2, 0.25) is 0 Å². The highest BCUT2D eigenvalue weighted by molar-refractivity contribution is 5.79. The molecule has 4 heteroatoms. The van der Waals surface area contributed by atoms with E-state index in [2.05, 4.69) is 22.0 Å². The number of piperidine rings is 2. The lowest BCUT2D eigenvalue weighted by molar-refractivity contribution is -0.140. The Morgan fingerprint density at radius 3 is 1.96 bits per heavy atom. The van der Waals surface area contributed by atoms with Gasteiger partial charge in [-0.05, 0) is 75.8 Å². The van der Waals surface area contributed by atoms with Crippen molar-refractivity contribution in [2.75, 3.05) is 39.3 Å². The van der Waals surface area contributed by atoms with Crippen LogP contribution in [0.5, 0.6) is 0 Å². The summed E-state index contributed by atoms with van der Waals surface area (Å²) in [4.78, 5) is 17.8. The van der Waals surface area contributed by atoms with Gasteiger partial charge in [-0.2, -0.15) is 0 Å². The summed E-state index contributed by atoms with van der Waals surface area (Å²) in [5.41, 5.74) is 0.542. The molecule has 0 unspecified atom stereocenters. The third-order valence-electron chi connectivity index (χ3n) is 7.52. The smallest absolute Gasteiger partial charge is 0.225 e. The lowest BCUT2D eigenvalue weighted by atomic mass is 9.73. The molecule has 150 valence electrons. The second kappa shape index (κ2) is 9.05. The molecule has 3 saturated heterocycles. The van der Waals surface area contributed by atoms with Gasteiger partial charge in [0.1, 0.15) is 0 Å². The molecule has 0 bridgehead atoms. The SMILES string of the molecule is CC.CC1CCN(C2CCC(C(=O)N3CCC4(CC3)CNC4)CC2)CC1. The van der Waals surface area contributed by atoms with Crippen LogP contribution in [-0.2, 0) is 4.79 Å². The Morgan fingerprint density at radius 2 is 1.46 bits per heavy atom. The van der Waals surface area contributed by atoms with Crippen LogP contribution in [0.15, 0.2) is 0 Å². The molecule has 1 saturated carbocycles. The summed E-state index contributed by atoms with van der Waals surface area (Å²) >= 11 is 0. The van der Waals surface area contributed by atoms with Gasteiger partial charge in [-0.1, -0.05) is 20.8 Å². The molecular weight excluding hydrogens is 322 g/mol. The first kappa shape index (κ1) is 20.1. The molecule has 4 fully saturated rings. The van der Waals surface area contributed by atoms with Crippen molar-refractivity contribution in [1.29, 1.82) is 0 Å². The summed E-state index contributed by atoms with van der Waals surface area (Å²) in [6, 6.07) is 0.757. The Balaban J connectivity index is 0.000000948. The van der Waals surface area contributed by atoms with Gasteiger partial charge >= 0.3 is 0 Å². The predicted octanol–water partition coefficient (Wildman–Crippen LogP) is 3.52. The van der Waals surface area contributed by atoms with Gasteiger partial charge in [0.2, 0.25) is 5.91 Å². The third kappa shape index (κ3) is 4.44. The lowest BCUT2D eigenvalue weighted by Gasteiger charge is -2.49. The van der Waals surface area contributed by atoms with E-state index in [0.29, 0.717) is 17.2 Å². The molecule has 3 heterocycles. The molecule has 1 amide bonds. The zero-order valence-corrected chi connectivity index (χ0v) is 17.4. The summed E-state index contributed by atoms with van der Waals surface area (Å²) in [5, 5.41) is 3.41. The summed E-state index contributed by atoms with van der Waals surface area (Å²) in [5.74, 6) is 1.70. The van der Waals surface area contributed by atoms with Crippen LogP contribution >= 0.6 is 0 Å². The van der Waals surface area contributed by atoms with E-state index in [1.54, 1.807) is 0 Å². The fourth-order valence-corrected chi connectivity index (χ4v) is 5.37. The van der Waals surface area contributed by atoms with Gasteiger partial charge in [0.05, 0.1) is 0 Å². The Bertz CT molecular complexity index is 436. The van der Waals surface area contributed by atoms with Crippen molar-refractivity contribution >= 4 is 5.91 Å². The Kier molecular flexibility index (Phi) is 7.01. The first-order valence-corrected chi connectivity index (χ1v) is 11.4. The van der Waals surface area contributed by atoms with E-state index in [-0.39, 0.29) is 0 Å². The molecule has 3 aliphatic heterocycles. The van der Waals surface area contributed by atoms with Crippen LogP contribution in [0.1, 0.15) is 72.1 Å². The van der Waals surface area contributed by atoms with Crippen molar-refractivity contribution in [3.05, 3.63) is 0 Å². The molecule has 1 spiro atoms. The van der Waals surface area contributed by atoms with Crippen molar-refractivity contribution in [3.63, 3.8) is 0 Å². The molecule has 0 aromatic carbocycles. The second-order valence-electron chi connectivity index (χ2n) is 9.15. The number of rotatable bonds is 2. The van der Waals surface area contributed by atoms with E-state index in [1.807, 2.05) is 13.8 Å². The van der Waals surface area contributed by atoms with Crippen LogP contribution in [0.25, 0.3) is 0 Å². The second-order valence-corrected chi connectivity index (χ2v) is 9.15. The van der Waals surface area contributed by atoms with Crippen molar-refractivity contribution < 1.29 is 4.79 Å². The normalized spacial score (nSPS) is 32.5. The van der Waals surface area contributed by atoms with E-state index in [1.165, 1.54) is 64.7 Å². The van der Waals surface area contributed by atoms with Crippen LogP contribution in [-0.4, -0.2) is 61.0 Å².